The third kappa shape index (κ3) is 2.55. The van der Waals surface area contributed by atoms with Crippen LogP contribution in [0.25, 0.3) is 11.0 Å². The summed E-state index contributed by atoms with van der Waals surface area (Å²) in [6.45, 7) is 7.76. The monoisotopic (exact) mass is 323 g/mol. The molecule has 0 N–H and O–H groups in total. The molecule has 3 aromatic rings. The van der Waals surface area contributed by atoms with Crippen LogP contribution in [0.5, 0.6) is 0 Å². The number of hydrogen-bond donors (Lipinski definition) is 0. The molecule has 0 bridgehead atoms. The van der Waals surface area contributed by atoms with Crippen LogP contribution < -0.4 is 9.80 Å². The van der Waals surface area contributed by atoms with E-state index in [1.54, 1.807) is 0 Å². The van der Waals surface area contributed by atoms with Crippen molar-refractivity contribution in [2.75, 3.05) is 36.0 Å². The first kappa shape index (κ1) is 14.9. The summed E-state index contributed by atoms with van der Waals surface area (Å²) in [7, 11) is 1.93. The fraction of sp³-hybridized carbons (Fsp3) is 0.412. The zero-order valence-corrected chi connectivity index (χ0v) is 14.3. The van der Waals surface area contributed by atoms with E-state index in [0.29, 0.717) is 0 Å². The van der Waals surface area contributed by atoms with Gasteiger partial charge >= 0.3 is 0 Å². The lowest BCUT2D eigenvalue weighted by Crippen LogP contribution is -2.47. The second-order valence-electron chi connectivity index (χ2n) is 6.22. The quantitative estimate of drug-likeness (QED) is 0.715. The summed E-state index contributed by atoms with van der Waals surface area (Å²) in [5.74, 6) is 1.86. The van der Waals surface area contributed by atoms with Crippen molar-refractivity contribution in [1.82, 2.24) is 24.7 Å². The third-order valence-electron chi connectivity index (χ3n) is 4.51. The highest BCUT2D eigenvalue weighted by Gasteiger charge is 2.21. The van der Waals surface area contributed by atoms with E-state index in [0.717, 1.165) is 54.5 Å². The number of hydrogen-bond acceptors (Lipinski definition) is 6. The van der Waals surface area contributed by atoms with Gasteiger partial charge in [-0.2, -0.15) is 5.10 Å². The molecule has 7 heteroatoms. The highest BCUT2D eigenvalue weighted by atomic mass is 15.3. The van der Waals surface area contributed by atoms with E-state index in [1.165, 1.54) is 5.69 Å². The molecule has 4 heterocycles. The van der Waals surface area contributed by atoms with Crippen LogP contribution in [0, 0.1) is 13.8 Å². The molecule has 24 heavy (non-hydrogen) atoms. The summed E-state index contributed by atoms with van der Waals surface area (Å²) in [6, 6.07) is 4.15. The van der Waals surface area contributed by atoms with Crippen LogP contribution in [0.4, 0.5) is 11.5 Å². The van der Waals surface area contributed by atoms with Crippen molar-refractivity contribution in [2.45, 2.75) is 13.8 Å². The number of anilines is 2. The minimum Gasteiger partial charge on any atom is -0.367 e. The first-order chi connectivity index (χ1) is 11.6. The summed E-state index contributed by atoms with van der Waals surface area (Å²) in [5, 5.41) is 5.45. The molecule has 1 aliphatic heterocycles. The number of rotatable bonds is 2. The van der Waals surface area contributed by atoms with Crippen molar-refractivity contribution in [3.05, 3.63) is 36.0 Å². The highest BCUT2D eigenvalue weighted by Crippen LogP contribution is 2.26. The SMILES string of the molecule is Cc1cc(N2CCN(c3ccnc4c3cnn4C)CC2)nc(C)n1. The van der Waals surface area contributed by atoms with Crippen LogP contribution >= 0.6 is 0 Å². The summed E-state index contributed by atoms with van der Waals surface area (Å²) in [6.07, 6.45) is 3.77. The molecule has 4 rings (SSSR count). The molecule has 0 unspecified atom stereocenters. The van der Waals surface area contributed by atoms with E-state index in [-0.39, 0.29) is 0 Å². The van der Waals surface area contributed by atoms with Gasteiger partial charge in [-0.05, 0) is 19.9 Å². The van der Waals surface area contributed by atoms with Crippen LogP contribution in [0.1, 0.15) is 11.5 Å². The van der Waals surface area contributed by atoms with Gasteiger partial charge < -0.3 is 9.80 Å². The van der Waals surface area contributed by atoms with E-state index in [1.807, 2.05) is 38.0 Å². The average Bonchev–Trinajstić information content (AvgIpc) is 2.96. The van der Waals surface area contributed by atoms with Gasteiger partial charge in [-0.3, -0.25) is 4.68 Å². The molecular weight excluding hydrogens is 302 g/mol. The minimum atomic E-state index is 0.832. The van der Waals surface area contributed by atoms with Gasteiger partial charge in [0.25, 0.3) is 0 Å². The standard InChI is InChI=1S/C17H21N7/c1-12-10-16(21-13(2)20-12)24-8-6-23(7-9-24)15-4-5-18-17-14(15)11-19-22(17)3/h4-5,10-11H,6-9H2,1-3H3. The van der Waals surface area contributed by atoms with Gasteiger partial charge in [0.05, 0.1) is 17.3 Å². The topological polar surface area (TPSA) is 63.0 Å². The van der Waals surface area contributed by atoms with Crippen molar-refractivity contribution < 1.29 is 0 Å². The van der Waals surface area contributed by atoms with Crippen molar-refractivity contribution in [2.24, 2.45) is 7.05 Å². The number of pyridine rings is 1. The number of aryl methyl sites for hydroxylation is 3. The average molecular weight is 323 g/mol. The number of aromatic nitrogens is 5. The molecule has 3 aromatic heterocycles. The van der Waals surface area contributed by atoms with Crippen molar-refractivity contribution in [1.29, 1.82) is 0 Å². The minimum absolute atomic E-state index is 0.832. The van der Waals surface area contributed by atoms with Gasteiger partial charge in [-0.25, -0.2) is 15.0 Å². The molecule has 1 fully saturated rings. The summed E-state index contributed by atoms with van der Waals surface area (Å²) in [5.41, 5.74) is 3.16. The zero-order chi connectivity index (χ0) is 16.7. The first-order valence-electron chi connectivity index (χ1n) is 8.21. The summed E-state index contributed by atoms with van der Waals surface area (Å²) < 4.78 is 1.82. The molecule has 0 aromatic carbocycles. The van der Waals surface area contributed by atoms with Crippen LogP contribution in [-0.2, 0) is 7.05 Å². The Morgan fingerprint density at radius 1 is 1.00 bits per heavy atom. The highest BCUT2D eigenvalue weighted by molar-refractivity contribution is 5.89. The van der Waals surface area contributed by atoms with Gasteiger partial charge in [0, 0.05) is 51.2 Å². The molecule has 0 spiro atoms. The van der Waals surface area contributed by atoms with E-state index in [2.05, 4.69) is 42.0 Å². The molecule has 0 aliphatic carbocycles. The Morgan fingerprint density at radius 2 is 1.75 bits per heavy atom. The Kier molecular flexibility index (Phi) is 3.55. The van der Waals surface area contributed by atoms with E-state index >= 15 is 0 Å². The molecule has 0 radical (unpaired) electrons. The second-order valence-corrected chi connectivity index (χ2v) is 6.22. The molecular formula is C17H21N7. The maximum absolute atomic E-state index is 4.58. The first-order valence-corrected chi connectivity index (χ1v) is 8.21. The predicted molar refractivity (Wildman–Crippen MR) is 94.4 cm³/mol. The Labute approximate surface area is 141 Å². The Morgan fingerprint density at radius 3 is 2.50 bits per heavy atom. The van der Waals surface area contributed by atoms with Gasteiger partial charge in [-0.15, -0.1) is 0 Å². The molecule has 1 aliphatic rings. The van der Waals surface area contributed by atoms with Gasteiger partial charge in [0.1, 0.15) is 11.6 Å². The maximum Gasteiger partial charge on any atom is 0.159 e. The van der Waals surface area contributed by atoms with Crippen LogP contribution in [0.15, 0.2) is 24.5 Å². The third-order valence-corrected chi connectivity index (χ3v) is 4.51. The summed E-state index contributed by atoms with van der Waals surface area (Å²) in [4.78, 5) is 18.1. The molecule has 7 nitrogen and oxygen atoms in total. The molecule has 124 valence electrons. The summed E-state index contributed by atoms with van der Waals surface area (Å²) >= 11 is 0. The van der Waals surface area contributed by atoms with Crippen molar-refractivity contribution in [3.8, 4) is 0 Å². The van der Waals surface area contributed by atoms with E-state index in [9.17, 15) is 0 Å². The fourth-order valence-corrected chi connectivity index (χ4v) is 3.34. The largest absolute Gasteiger partial charge is 0.367 e. The van der Waals surface area contributed by atoms with E-state index in [4.69, 9.17) is 0 Å². The van der Waals surface area contributed by atoms with Gasteiger partial charge in [0.15, 0.2) is 5.65 Å². The molecule has 0 saturated carbocycles. The normalized spacial score (nSPS) is 15.3. The van der Waals surface area contributed by atoms with Crippen LogP contribution in [-0.4, -0.2) is 50.9 Å². The number of piperazine rings is 1. The Balaban J connectivity index is 1.55. The number of fused-ring (bicyclic) bond motifs is 1. The molecule has 0 amide bonds. The lowest BCUT2D eigenvalue weighted by Gasteiger charge is -2.37. The fourth-order valence-electron chi connectivity index (χ4n) is 3.34. The maximum atomic E-state index is 4.58. The zero-order valence-electron chi connectivity index (χ0n) is 14.3. The molecule has 1 saturated heterocycles. The lowest BCUT2D eigenvalue weighted by atomic mass is 10.2. The second kappa shape index (κ2) is 5.74. The molecule has 0 atom stereocenters. The Hall–Kier alpha value is -2.70. The van der Waals surface area contributed by atoms with Crippen molar-refractivity contribution in [3.63, 3.8) is 0 Å². The number of nitrogens with zero attached hydrogens (tertiary/aromatic N) is 7. The van der Waals surface area contributed by atoms with Crippen LogP contribution in [0.3, 0.4) is 0 Å². The smallest absolute Gasteiger partial charge is 0.159 e. The van der Waals surface area contributed by atoms with Gasteiger partial charge in [-0.1, -0.05) is 0 Å². The predicted octanol–water partition coefficient (Wildman–Crippen LogP) is 1.70. The van der Waals surface area contributed by atoms with Gasteiger partial charge in [0.2, 0.25) is 0 Å². The van der Waals surface area contributed by atoms with Crippen molar-refractivity contribution >= 4 is 22.5 Å². The Bertz CT molecular complexity index is 858. The van der Waals surface area contributed by atoms with E-state index < -0.39 is 0 Å². The van der Waals surface area contributed by atoms with Crippen LogP contribution in [0.2, 0.25) is 0 Å². The lowest BCUT2D eigenvalue weighted by molar-refractivity contribution is 0.646.